The molecule has 1 fully saturated rings. The number of ether oxygens (including phenoxy) is 3. The number of benzene rings is 2. The molecule has 294 valence electrons. The minimum Gasteiger partial charge on any atom is -0.507 e. The fourth-order valence-corrected chi connectivity index (χ4v) is 7.65. The summed E-state index contributed by atoms with van der Waals surface area (Å²) in [7, 11) is 1.32. The normalized spacial score (nSPS) is 26.0. The lowest BCUT2D eigenvalue weighted by atomic mass is 9.72. The van der Waals surface area contributed by atoms with E-state index in [2.05, 4.69) is 10.6 Å². The lowest BCUT2D eigenvalue weighted by Crippen LogP contribution is -2.59. The minimum absolute atomic E-state index is 0.00923. The number of hydrogen-bond acceptors (Lipinski definition) is 13. The van der Waals surface area contributed by atoms with Crippen LogP contribution in [0.1, 0.15) is 116 Å². The van der Waals surface area contributed by atoms with Gasteiger partial charge in [0, 0.05) is 36.0 Å². The van der Waals surface area contributed by atoms with Crippen molar-refractivity contribution in [2.75, 3.05) is 7.11 Å². The van der Waals surface area contributed by atoms with E-state index in [4.69, 9.17) is 19.9 Å². The first kappa shape index (κ1) is 40.8. The number of nitrogens with two attached hydrogens (primary N) is 1. The second-order valence-electron chi connectivity index (χ2n) is 15.5. The van der Waals surface area contributed by atoms with Crippen molar-refractivity contribution in [3.05, 3.63) is 51.6 Å². The molecule has 2 aromatic rings. The number of phenolic OH excluding ortho intramolecular Hbond substituents is 2. The van der Waals surface area contributed by atoms with Gasteiger partial charge in [0.15, 0.2) is 17.9 Å². The average molecular weight is 754 g/mol. The Hall–Kier alpha value is -4.41. The van der Waals surface area contributed by atoms with Crippen molar-refractivity contribution in [2.24, 2.45) is 17.6 Å². The summed E-state index contributed by atoms with van der Waals surface area (Å²) in [6, 6.07) is 1.62. The van der Waals surface area contributed by atoms with Crippen LogP contribution in [-0.2, 0) is 30.3 Å². The van der Waals surface area contributed by atoms with Crippen molar-refractivity contribution in [2.45, 2.75) is 122 Å². The smallest absolute Gasteiger partial charge is 0.242 e. The van der Waals surface area contributed by atoms with Crippen LogP contribution in [0.4, 0.5) is 0 Å². The van der Waals surface area contributed by atoms with Crippen LogP contribution in [0, 0.1) is 11.8 Å². The number of hydrogen-bond donors (Lipinski definition) is 7. The van der Waals surface area contributed by atoms with Gasteiger partial charge in [0.25, 0.3) is 0 Å². The largest absolute Gasteiger partial charge is 0.507 e. The maximum atomic E-state index is 13.9. The van der Waals surface area contributed by atoms with Crippen LogP contribution in [0.5, 0.6) is 17.2 Å². The lowest BCUT2D eigenvalue weighted by Gasteiger charge is -2.43. The highest BCUT2D eigenvalue weighted by Crippen LogP contribution is 2.52. The molecular weight excluding hydrogens is 702 g/mol. The number of aliphatic hydroxyl groups is 2. The second kappa shape index (κ2) is 15.7. The van der Waals surface area contributed by atoms with Crippen molar-refractivity contribution >= 4 is 29.2 Å². The molecule has 8 atom stereocenters. The predicted octanol–water partition coefficient (Wildman–Crippen LogP) is 2.09. The summed E-state index contributed by atoms with van der Waals surface area (Å²) in [6.45, 7) is 10.3. The summed E-state index contributed by atoms with van der Waals surface area (Å²) in [5.41, 5.74) is 2.54. The van der Waals surface area contributed by atoms with E-state index in [0.29, 0.717) is 6.42 Å². The Morgan fingerprint density at radius 3 is 2.26 bits per heavy atom. The Morgan fingerprint density at radius 1 is 1.00 bits per heavy atom. The van der Waals surface area contributed by atoms with E-state index < -0.39 is 113 Å². The molecule has 2 aromatic carbocycles. The summed E-state index contributed by atoms with van der Waals surface area (Å²) < 4.78 is 17.6. The second-order valence-corrected chi connectivity index (χ2v) is 15.5. The molecule has 0 saturated carbocycles. The average Bonchev–Trinajstić information content (AvgIpc) is 3.09. The zero-order valence-corrected chi connectivity index (χ0v) is 31.6. The van der Waals surface area contributed by atoms with Crippen LogP contribution in [0.15, 0.2) is 18.2 Å². The number of carbonyl (C=O) groups is 5. The van der Waals surface area contributed by atoms with Crippen LogP contribution < -0.4 is 21.1 Å². The maximum Gasteiger partial charge on any atom is 0.242 e. The van der Waals surface area contributed by atoms with E-state index >= 15 is 0 Å². The van der Waals surface area contributed by atoms with E-state index in [1.165, 1.54) is 25.3 Å². The molecule has 8 unspecified atom stereocenters. The molecule has 0 radical (unpaired) electrons. The first-order valence-electron chi connectivity index (χ1n) is 18.2. The van der Waals surface area contributed by atoms with Gasteiger partial charge in [0.1, 0.15) is 35.0 Å². The molecule has 0 spiro atoms. The van der Waals surface area contributed by atoms with E-state index in [1.807, 2.05) is 27.7 Å². The number of fused-ring (bicyclic) bond motifs is 3. The first-order chi connectivity index (χ1) is 25.3. The standard InChI is InChI=1S/C39H51N3O12/c1-16(2)11-22(40)37(49)42-24(12-17(3)4)38(50)41-23-13-27(53-18(5)32(23)44)54-26-15-39(51,19(6)43)14-21-29(26)36(48)31-30(34(21)46)33(45)20-9-8-10-25(52-7)28(20)35(31)47/h8-10,16-18,22-24,26-27,32,44,46,48,51H,11-15,40H2,1-7H3,(H,41,50)(H,42,49). The predicted molar refractivity (Wildman–Crippen MR) is 193 cm³/mol. The molecule has 5 rings (SSSR count). The van der Waals surface area contributed by atoms with Gasteiger partial charge in [-0.15, -0.1) is 0 Å². The zero-order valence-electron chi connectivity index (χ0n) is 31.6. The van der Waals surface area contributed by atoms with Crippen LogP contribution in [-0.4, -0.2) is 98.9 Å². The van der Waals surface area contributed by atoms with E-state index in [-0.39, 0.29) is 52.7 Å². The third-order valence-corrected chi connectivity index (χ3v) is 10.5. The molecule has 54 heavy (non-hydrogen) atoms. The minimum atomic E-state index is -2.12. The van der Waals surface area contributed by atoms with E-state index in [1.54, 1.807) is 6.92 Å². The Bertz CT molecular complexity index is 1840. The van der Waals surface area contributed by atoms with Crippen molar-refractivity contribution in [3.8, 4) is 17.2 Å². The van der Waals surface area contributed by atoms with Gasteiger partial charge in [-0.2, -0.15) is 0 Å². The fraction of sp³-hybridized carbons (Fsp3) is 0.564. The van der Waals surface area contributed by atoms with Gasteiger partial charge in [-0.3, -0.25) is 24.0 Å². The topological polar surface area (TPSA) is 244 Å². The van der Waals surface area contributed by atoms with Crippen molar-refractivity contribution in [1.82, 2.24) is 10.6 Å². The Morgan fingerprint density at radius 2 is 1.65 bits per heavy atom. The third kappa shape index (κ3) is 7.73. The zero-order chi connectivity index (χ0) is 40.0. The van der Waals surface area contributed by atoms with E-state index in [0.717, 1.165) is 6.92 Å². The molecule has 2 amide bonds. The fourth-order valence-electron chi connectivity index (χ4n) is 7.65. The van der Waals surface area contributed by atoms with Gasteiger partial charge < -0.3 is 51.0 Å². The highest BCUT2D eigenvalue weighted by atomic mass is 16.7. The Labute approximate surface area is 313 Å². The number of nitrogens with one attached hydrogen (secondary N) is 2. The molecule has 1 heterocycles. The molecule has 1 saturated heterocycles. The SMILES string of the molecule is COc1cccc2c1C(=O)c1c(O)c3c(c(O)c1C2=O)CC(O)(C(C)=O)CC3OC1CC(NC(=O)C(CC(C)C)NC(=O)C(N)CC(C)C)C(O)C(C)O1. The summed E-state index contributed by atoms with van der Waals surface area (Å²) in [5.74, 6) is -4.41. The number of phenols is 2. The number of amides is 2. The summed E-state index contributed by atoms with van der Waals surface area (Å²) in [5, 5.41) is 51.6. The van der Waals surface area contributed by atoms with Crippen LogP contribution >= 0.6 is 0 Å². The highest BCUT2D eigenvalue weighted by molar-refractivity contribution is 6.31. The van der Waals surface area contributed by atoms with E-state index in [9.17, 15) is 44.4 Å². The highest BCUT2D eigenvalue weighted by Gasteiger charge is 2.50. The molecule has 8 N–H and O–H groups in total. The Balaban J connectivity index is 1.47. The maximum absolute atomic E-state index is 13.9. The first-order valence-corrected chi connectivity index (χ1v) is 18.2. The molecule has 15 heteroatoms. The summed E-state index contributed by atoms with van der Waals surface area (Å²) in [6.07, 6.45) is -5.14. The molecule has 0 aromatic heterocycles. The molecule has 3 aliphatic rings. The number of aliphatic hydroxyl groups excluding tert-OH is 1. The summed E-state index contributed by atoms with van der Waals surface area (Å²) in [4.78, 5) is 67.1. The Kier molecular flexibility index (Phi) is 11.9. The number of aromatic hydroxyl groups is 2. The van der Waals surface area contributed by atoms with Gasteiger partial charge in [-0.1, -0.05) is 39.8 Å². The quantitative estimate of drug-likeness (QED) is 0.131. The van der Waals surface area contributed by atoms with Crippen LogP contribution in [0.25, 0.3) is 0 Å². The summed E-state index contributed by atoms with van der Waals surface area (Å²) >= 11 is 0. The monoisotopic (exact) mass is 753 g/mol. The third-order valence-electron chi connectivity index (χ3n) is 10.5. The molecule has 0 bridgehead atoms. The van der Waals surface area contributed by atoms with Crippen molar-refractivity contribution in [1.29, 1.82) is 0 Å². The van der Waals surface area contributed by atoms with Gasteiger partial charge in [-0.25, -0.2) is 0 Å². The number of carbonyl (C=O) groups excluding carboxylic acids is 5. The van der Waals surface area contributed by atoms with Crippen LogP contribution in [0.3, 0.4) is 0 Å². The van der Waals surface area contributed by atoms with Gasteiger partial charge in [0.2, 0.25) is 17.6 Å². The van der Waals surface area contributed by atoms with Gasteiger partial charge >= 0.3 is 0 Å². The number of methoxy groups -OCH3 is 1. The van der Waals surface area contributed by atoms with Crippen molar-refractivity contribution in [3.63, 3.8) is 0 Å². The lowest BCUT2D eigenvalue weighted by molar-refractivity contribution is -0.249. The number of ketones is 3. The van der Waals surface area contributed by atoms with Crippen molar-refractivity contribution < 1.29 is 58.6 Å². The van der Waals surface area contributed by atoms with Crippen LogP contribution in [0.2, 0.25) is 0 Å². The molecule has 1 aliphatic heterocycles. The molecule has 15 nitrogen and oxygen atoms in total. The molecule has 2 aliphatic carbocycles. The number of rotatable bonds is 12. The van der Waals surface area contributed by atoms with Gasteiger partial charge in [-0.05, 0) is 44.6 Å². The number of Topliss-reactive ketones (excluding diaryl/α,β-unsaturated/α-hetero) is 1. The van der Waals surface area contributed by atoms with Gasteiger partial charge in [0.05, 0.1) is 48.1 Å². The molecular formula is C39H51N3O12.